The van der Waals surface area contributed by atoms with Gasteiger partial charge >= 0.3 is 0 Å². The zero-order valence-corrected chi connectivity index (χ0v) is 20.0. The van der Waals surface area contributed by atoms with Crippen molar-refractivity contribution in [2.75, 3.05) is 18.9 Å². The van der Waals surface area contributed by atoms with Crippen molar-refractivity contribution in [2.45, 2.75) is 25.4 Å². The number of carbonyl (C=O) groups is 2. The lowest BCUT2D eigenvalue weighted by molar-refractivity contribution is -0.118. The second-order valence-electron chi connectivity index (χ2n) is 7.67. The van der Waals surface area contributed by atoms with Gasteiger partial charge in [0, 0.05) is 31.1 Å². The van der Waals surface area contributed by atoms with Crippen LogP contribution in [0.15, 0.2) is 71.9 Å². The number of nitrogens with zero attached hydrogens (tertiary/aromatic N) is 3. The molecule has 7 nitrogen and oxygen atoms in total. The number of benzene rings is 3. The van der Waals surface area contributed by atoms with Gasteiger partial charge in [0.1, 0.15) is 11.6 Å². The van der Waals surface area contributed by atoms with Gasteiger partial charge < -0.3 is 10.1 Å². The summed E-state index contributed by atoms with van der Waals surface area (Å²) >= 11 is 1.35. The largest absolute Gasteiger partial charge is 0.494 e. The molecular weight excluding hydrogens is 448 g/mol. The molecule has 1 amide bonds. The number of amides is 1. The van der Waals surface area contributed by atoms with E-state index in [1.165, 1.54) is 18.7 Å². The number of ether oxygens (including phenoxy) is 1. The molecule has 0 saturated carbocycles. The lowest BCUT2D eigenvalue weighted by Crippen LogP contribution is -2.23. The summed E-state index contributed by atoms with van der Waals surface area (Å²) in [6.07, 6.45) is 0.513. The molecule has 8 heteroatoms. The molecule has 4 rings (SSSR count). The second kappa shape index (κ2) is 11.0. The smallest absolute Gasteiger partial charge is 0.216 e. The van der Waals surface area contributed by atoms with Gasteiger partial charge in [0.15, 0.2) is 10.9 Å². The summed E-state index contributed by atoms with van der Waals surface area (Å²) in [6.45, 7) is 4.46. The van der Waals surface area contributed by atoms with E-state index in [1.807, 2.05) is 78.2 Å². The molecule has 0 fully saturated rings. The third-order valence-corrected chi connectivity index (χ3v) is 6.16. The second-order valence-corrected chi connectivity index (χ2v) is 8.61. The Balaban J connectivity index is 1.55. The minimum absolute atomic E-state index is 0.0248. The molecule has 1 heterocycles. The molecule has 0 unspecified atom stereocenters. The fraction of sp³-hybridized carbons (Fsp3) is 0.231. The van der Waals surface area contributed by atoms with Crippen LogP contribution in [0.25, 0.3) is 16.5 Å². The van der Waals surface area contributed by atoms with Crippen LogP contribution in [-0.2, 0) is 11.2 Å². The van der Waals surface area contributed by atoms with Crippen LogP contribution in [-0.4, -0.2) is 45.4 Å². The first-order valence-electron chi connectivity index (χ1n) is 11.1. The Kier molecular flexibility index (Phi) is 7.59. The minimum atomic E-state index is -0.0947. The van der Waals surface area contributed by atoms with Crippen molar-refractivity contribution in [2.24, 2.45) is 0 Å². The van der Waals surface area contributed by atoms with Crippen molar-refractivity contribution in [3.8, 4) is 11.4 Å². The summed E-state index contributed by atoms with van der Waals surface area (Å²) in [5.41, 5.74) is 1.54. The number of Topliss-reactive ketones (excluding diaryl/α,β-unsaturated/α-hetero) is 1. The van der Waals surface area contributed by atoms with Gasteiger partial charge in [0.2, 0.25) is 5.91 Å². The first-order valence-corrected chi connectivity index (χ1v) is 12.1. The van der Waals surface area contributed by atoms with Crippen molar-refractivity contribution in [3.05, 3.63) is 78.1 Å². The molecule has 0 atom stereocenters. The molecule has 3 aromatic carbocycles. The summed E-state index contributed by atoms with van der Waals surface area (Å²) in [5.74, 6) is 1.65. The number of aromatic nitrogens is 3. The topological polar surface area (TPSA) is 86.1 Å². The molecule has 1 N–H and O–H groups in total. The van der Waals surface area contributed by atoms with Crippen LogP contribution in [0, 0.1) is 0 Å². The molecule has 0 radical (unpaired) electrons. The minimum Gasteiger partial charge on any atom is -0.494 e. The molecule has 0 aliphatic carbocycles. The standard InChI is InChI=1S/C26H26N4O3S/c1-3-33-23-12-10-22(11-13-23)30-25(14-15-27-18(2)31)28-29-26(30)34-17-24(32)21-9-8-19-6-4-5-7-20(19)16-21/h4-13,16H,3,14-15,17H2,1-2H3,(H,27,31). The molecule has 0 bridgehead atoms. The van der Waals surface area contributed by atoms with E-state index in [9.17, 15) is 9.59 Å². The lowest BCUT2D eigenvalue weighted by atomic mass is 10.1. The Labute approximate surface area is 202 Å². The normalized spacial score (nSPS) is 10.9. The van der Waals surface area contributed by atoms with Gasteiger partial charge in [0.25, 0.3) is 0 Å². The van der Waals surface area contributed by atoms with Crippen LogP contribution >= 0.6 is 11.8 Å². The van der Waals surface area contributed by atoms with Gasteiger partial charge in [-0.15, -0.1) is 10.2 Å². The van der Waals surface area contributed by atoms with Crippen LogP contribution in [0.3, 0.4) is 0 Å². The Bertz CT molecular complexity index is 1300. The van der Waals surface area contributed by atoms with E-state index in [-0.39, 0.29) is 17.4 Å². The van der Waals surface area contributed by atoms with E-state index in [0.717, 1.165) is 22.2 Å². The highest BCUT2D eigenvalue weighted by Gasteiger charge is 2.17. The van der Waals surface area contributed by atoms with Gasteiger partial charge in [-0.05, 0) is 48.0 Å². The number of hydrogen-bond acceptors (Lipinski definition) is 6. The third-order valence-electron chi connectivity index (χ3n) is 5.23. The SMILES string of the molecule is CCOc1ccc(-n2c(CCNC(C)=O)nnc2SCC(=O)c2ccc3ccccc3c2)cc1. The first-order chi connectivity index (χ1) is 16.5. The Morgan fingerprint density at radius 2 is 1.76 bits per heavy atom. The maximum atomic E-state index is 12.9. The van der Waals surface area contributed by atoms with Gasteiger partial charge in [-0.1, -0.05) is 48.2 Å². The Morgan fingerprint density at radius 3 is 2.50 bits per heavy atom. The highest BCUT2D eigenvalue weighted by Crippen LogP contribution is 2.25. The quantitative estimate of drug-likeness (QED) is 0.270. The number of carbonyl (C=O) groups excluding carboxylic acids is 2. The van der Waals surface area contributed by atoms with E-state index >= 15 is 0 Å². The van der Waals surface area contributed by atoms with Gasteiger partial charge in [0.05, 0.1) is 12.4 Å². The van der Waals surface area contributed by atoms with Crippen LogP contribution in [0.2, 0.25) is 0 Å². The summed E-state index contributed by atoms with van der Waals surface area (Å²) < 4.78 is 7.48. The maximum absolute atomic E-state index is 12.9. The number of fused-ring (bicyclic) bond motifs is 1. The number of hydrogen-bond donors (Lipinski definition) is 1. The molecule has 1 aromatic heterocycles. The highest BCUT2D eigenvalue weighted by molar-refractivity contribution is 7.99. The fourth-order valence-electron chi connectivity index (χ4n) is 3.60. The van der Waals surface area contributed by atoms with Gasteiger partial charge in [-0.25, -0.2) is 0 Å². The molecular formula is C26H26N4O3S. The van der Waals surface area contributed by atoms with E-state index in [1.54, 1.807) is 0 Å². The van der Waals surface area contributed by atoms with Crippen LogP contribution < -0.4 is 10.1 Å². The fourth-order valence-corrected chi connectivity index (χ4v) is 4.46. The Morgan fingerprint density at radius 1 is 1.00 bits per heavy atom. The van der Waals surface area contributed by atoms with Crippen molar-refractivity contribution in [1.82, 2.24) is 20.1 Å². The van der Waals surface area contributed by atoms with E-state index < -0.39 is 0 Å². The highest BCUT2D eigenvalue weighted by atomic mass is 32.2. The number of nitrogens with one attached hydrogen (secondary N) is 1. The number of ketones is 1. The summed E-state index contributed by atoms with van der Waals surface area (Å²) in [6, 6.07) is 21.4. The van der Waals surface area contributed by atoms with Crippen molar-refractivity contribution in [3.63, 3.8) is 0 Å². The summed E-state index contributed by atoms with van der Waals surface area (Å²) in [7, 11) is 0. The average molecular weight is 475 g/mol. The molecule has 0 aliphatic rings. The average Bonchev–Trinajstić information content (AvgIpc) is 3.25. The van der Waals surface area contributed by atoms with E-state index in [0.29, 0.717) is 36.1 Å². The predicted molar refractivity (Wildman–Crippen MR) is 134 cm³/mol. The monoisotopic (exact) mass is 474 g/mol. The Hall–Kier alpha value is -3.65. The molecule has 174 valence electrons. The number of thioether (sulfide) groups is 1. The van der Waals surface area contributed by atoms with Crippen LogP contribution in [0.1, 0.15) is 30.0 Å². The summed E-state index contributed by atoms with van der Waals surface area (Å²) in [5, 5.41) is 14.2. The zero-order chi connectivity index (χ0) is 23.9. The van der Waals surface area contributed by atoms with Crippen molar-refractivity contribution >= 4 is 34.2 Å². The predicted octanol–water partition coefficient (Wildman–Crippen LogP) is 4.47. The van der Waals surface area contributed by atoms with E-state index in [2.05, 4.69) is 15.5 Å². The molecule has 0 spiro atoms. The van der Waals surface area contributed by atoms with E-state index in [4.69, 9.17) is 4.74 Å². The first kappa shape index (κ1) is 23.5. The molecule has 34 heavy (non-hydrogen) atoms. The maximum Gasteiger partial charge on any atom is 0.216 e. The molecule has 0 saturated heterocycles. The summed E-state index contributed by atoms with van der Waals surface area (Å²) in [4.78, 5) is 24.2. The van der Waals surface area contributed by atoms with Crippen LogP contribution in [0.4, 0.5) is 0 Å². The number of rotatable bonds is 10. The molecule has 4 aromatic rings. The van der Waals surface area contributed by atoms with Crippen molar-refractivity contribution in [1.29, 1.82) is 0 Å². The van der Waals surface area contributed by atoms with Crippen LogP contribution in [0.5, 0.6) is 5.75 Å². The molecule has 0 aliphatic heterocycles. The lowest BCUT2D eigenvalue weighted by Gasteiger charge is -2.11. The zero-order valence-electron chi connectivity index (χ0n) is 19.2. The van der Waals surface area contributed by atoms with Gasteiger partial charge in [-0.2, -0.15) is 0 Å². The van der Waals surface area contributed by atoms with Gasteiger partial charge in [-0.3, -0.25) is 14.2 Å². The third kappa shape index (κ3) is 5.63. The van der Waals surface area contributed by atoms with Crippen molar-refractivity contribution < 1.29 is 14.3 Å².